The number of hydrogen-bond donors (Lipinski definition) is 1. The van der Waals surface area contributed by atoms with E-state index in [1.165, 1.54) is 30.6 Å². The predicted molar refractivity (Wildman–Crippen MR) is 373 cm³/mol. The molecule has 3 aliphatic heterocycles. The van der Waals surface area contributed by atoms with Crippen LogP contribution in [0.15, 0.2) is 91.0 Å². The third kappa shape index (κ3) is 17.3. The van der Waals surface area contributed by atoms with Gasteiger partial charge in [0.15, 0.2) is 36.6 Å². The van der Waals surface area contributed by atoms with E-state index in [-0.39, 0.29) is 88.6 Å². The lowest BCUT2D eigenvalue weighted by molar-refractivity contribution is -0.270. The molecule has 4 saturated carbocycles. The van der Waals surface area contributed by atoms with Gasteiger partial charge in [-0.15, -0.1) is 0 Å². The molecule has 9 unspecified atom stereocenters. The van der Waals surface area contributed by atoms with E-state index in [1.807, 2.05) is 62.3 Å². The van der Waals surface area contributed by atoms with Crippen LogP contribution in [0.5, 0.6) is 5.75 Å². The van der Waals surface area contributed by atoms with E-state index in [0.717, 1.165) is 26.4 Å². The van der Waals surface area contributed by atoms with Crippen molar-refractivity contribution >= 4 is 116 Å². The van der Waals surface area contributed by atoms with E-state index >= 15 is 0 Å². The number of fused-ring (bicyclic) bond motifs is 4. The second-order valence-electron chi connectivity index (χ2n) is 28.9. The Kier molecular flexibility index (Phi) is 24.7. The number of rotatable bonds is 17. The summed E-state index contributed by atoms with van der Waals surface area (Å²) in [5.74, 6) is -2.31. The maximum absolute atomic E-state index is 13.9. The van der Waals surface area contributed by atoms with Crippen molar-refractivity contribution in [3.63, 3.8) is 0 Å². The first kappa shape index (κ1) is 78.6. The first-order chi connectivity index (χ1) is 44.5. The van der Waals surface area contributed by atoms with Crippen LogP contribution in [0.4, 0.5) is 22.0 Å². The number of alkyl halides is 5. The standard InChI is InChI=1S/C20H27F5O7S.C18H13S.C13H18O5.C11H22O2.C10H12I2O/c1-4-16(2,3)14(26)32-18-8-11-5-12(9-18)7-17(6-11,10-18)15(27)31-13(19(21,22)23)20(24,25)33(28,29)30;1-2-8-14(9-3-1)19-17-12-6-4-10-15(17)16-11-5-7-13-18(16)19;1-4-13(2,3)12(15)18-9-7-5-6-8(16-7)10(9)17-11(6)14;1-7-10(3,4)9(12)13-11(5,6)8-2;1-3-6(2)7-4-8(11)10(13)9(12)5-7/h11-13H,4-10H2,1-3H3,(H,28,29,30);1-13H;6-10H,4-5H2,1-3H3;7-8H2,1-6H3;4-6,13H,3H2,1-2H3/q;+1;;;/p-1. The Balaban J connectivity index is 0.000000178. The molecule has 1 aromatic heterocycles. The van der Waals surface area contributed by atoms with Gasteiger partial charge >= 0.3 is 41.3 Å². The van der Waals surface area contributed by atoms with Crippen LogP contribution in [0.2, 0.25) is 0 Å². The number of aromatic hydroxyl groups is 1. The first-order valence-electron chi connectivity index (χ1n) is 32.8. The molecule has 7 aliphatic rings. The van der Waals surface area contributed by atoms with Crippen molar-refractivity contribution in [1.29, 1.82) is 0 Å². The molecule has 15 nitrogen and oxygen atoms in total. The molecule has 4 aliphatic carbocycles. The maximum atomic E-state index is 13.9. The number of carbonyl (C=O) groups is 5. The van der Waals surface area contributed by atoms with Crippen molar-refractivity contribution in [1.82, 2.24) is 0 Å². The maximum Gasteiger partial charge on any atom is 0.432 e. The van der Waals surface area contributed by atoms with Crippen molar-refractivity contribution in [3.05, 3.63) is 104 Å². The van der Waals surface area contributed by atoms with Crippen LogP contribution in [0.1, 0.15) is 185 Å². The molecule has 6 bridgehead atoms. The highest BCUT2D eigenvalue weighted by atomic mass is 127. The molecule has 5 aromatic rings. The number of hydrogen-bond acceptors (Lipinski definition) is 15. The van der Waals surface area contributed by atoms with E-state index in [2.05, 4.69) is 155 Å². The molecule has 9 atom stereocenters. The predicted octanol–water partition coefficient (Wildman–Crippen LogP) is 18.0. The molecule has 0 radical (unpaired) electrons. The number of ether oxygens (including phenoxy) is 6. The van der Waals surface area contributed by atoms with Crippen molar-refractivity contribution < 1.29 is 92.4 Å². The molecule has 4 heterocycles. The van der Waals surface area contributed by atoms with Gasteiger partial charge in [-0.1, -0.05) is 84.0 Å². The lowest BCUT2D eigenvalue weighted by Crippen LogP contribution is -2.62. The normalized spacial score (nSPS) is 24.7. The zero-order chi connectivity index (χ0) is 71.7. The Bertz CT molecular complexity index is 3650. The largest absolute Gasteiger partial charge is 0.743 e. The van der Waals surface area contributed by atoms with Gasteiger partial charge in [-0.2, -0.15) is 22.0 Å². The van der Waals surface area contributed by atoms with E-state index in [1.54, 1.807) is 20.8 Å². The number of benzene rings is 4. The summed E-state index contributed by atoms with van der Waals surface area (Å²) in [5.41, 5.74) is -3.52. The fourth-order valence-corrected chi connectivity index (χ4v) is 17.5. The Morgan fingerprint density at radius 2 is 1.19 bits per heavy atom. The van der Waals surface area contributed by atoms with E-state index in [9.17, 15) is 64.0 Å². The third-order valence-corrected chi connectivity index (χ3v) is 25.0. The first-order valence-corrected chi connectivity index (χ1v) is 37.6. The molecule has 96 heavy (non-hydrogen) atoms. The molecular formula is C72H91F5I2O15S2. The van der Waals surface area contributed by atoms with Crippen LogP contribution in [-0.2, 0) is 62.5 Å². The van der Waals surface area contributed by atoms with Gasteiger partial charge in [-0.05, 0) is 243 Å². The summed E-state index contributed by atoms with van der Waals surface area (Å²) in [7, 11) is -6.72. The molecule has 3 saturated heterocycles. The van der Waals surface area contributed by atoms with Gasteiger partial charge in [-0.3, -0.25) is 24.0 Å². The Hall–Kier alpha value is -4.77. The number of halogens is 7. The Morgan fingerprint density at radius 1 is 0.698 bits per heavy atom. The summed E-state index contributed by atoms with van der Waals surface area (Å²) in [5, 5.41) is 6.45. The van der Waals surface area contributed by atoms with Crippen LogP contribution < -0.4 is 0 Å². The number of phenols is 1. The molecule has 530 valence electrons. The number of esters is 5. The van der Waals surface area contributed by atoms with Gasteiger partial charge in [0.1, 0.15) is 23.1 Å². The van der Waals surface area contributed by atoms with Gasteiger partial charge < -0.3 is 38.1 Å². The van der Waals surface area contributed by atoms with Crippen molar-refractivity contribution in [2.24, 2.45) is 39.4 Å². The fraction of sp³-hybridized carbons (Fsp3) is 0.597. The minimum absolute atomic E-state index is 0.0408. The van der Waals surface area contributed by atoms with Crippen molar-refractivity contribution in [2.75, 3.05) is 0 Å². The number of phenolic OH excluding ortho intramolecular Hbond substituents is 1. The quantitative estimate of drug-likeness (QED) is 0.0229. The highest BCUT2D eigenvalue weighted by molar-refractivity contribution is 14.1. The minimum Gasteiger partial charge on any atom is -0.743 e. The lowest BCUT2D eigenvalue weighted by Gasteiger charge is -2.60. The topological polar surface area (TPSA) is 218 Å². The second kappa shape index (κ2) is 30.2. The average molecular weight is 1610 g/mol. The smallest absolute Gasteiger partial charge is 0.432 e. The SMILES string of the molecule is CCC(C)(C)C(=O)OC12CC3CC(C1)CC(C(=O)OC(C(F)(F)F)C(F)(F)S(=O)(=O)[O-])(C3)C2.CCC(C)(C)C(=O)OC1C2CC3C(=O)OC1C3O2.CCC(C)(C)OC(=O)C(C)(C)CC.CCC(C)c1cc(I)c(O)c(I)c1.c1ccc(-[s+]2c3ccccc3c3ccccc32)cc1. The van der Waals surface area contributed by atoms with Crippen LogP contribution in [-0.4, -0.2) is 101 Å². The van der Waals surface area contributed by atoms with Crippen LogP contribution in [0.25, 0.3) is 25.1 Å². The van der Waals surface area contributed by atoms with Gasteiger partial charge in [0.2, 0.25) is 0 Å². The fourth-order valence-electron chi connectivity index (χ4n) is 12.9. The van der Waals surface area contributed by atoms with E-state index in [0.29, 0.717) is 50.2 Å². The van der Waals surface area contributed by atoms with E-state index < -0.39 is 73.6 Å². The Morgan fingerprint density at radius 3 is 1.67 bits per heavy atom. The van der Waals surface area contributed by atoms with Gasteiger partial charge in [0.25, 0.3) is 6.10 Å². The van der Waals surface area contributed by atoms with Crippen LogP contribution in [0.3, 0.4) is 0 Å². The van der Waals surface area contributed by atoms with Gasteiger partial charge in [0.05, 0.1) is 40.8 Å². The van der Waals surface area contributed by atoms with Gasteiger partial charge in [-0.25, -0.2) is 8.42 Å². The summed E-state index contributed by atoms with van der Waals surface area (Å²) < 4.78 is 137. The molecule has 1 N–H and O–H groups in total. The molecule has 7 fully saturated rings. The number of thiophene rings is 1. The molecule has 12 rings (SSSR count). The van der Waals surface area contributed by atoms with Gasteiger partial charge in [0, 0.05) is 27.7 Å². The molecule has 0 amide bonds. The number of carbonyl (C=O) groups excluding carboxylic acids is 5. The van der Waals surface area contributed by atoms with Crippen molar-refractivity contribution in [2.45, 2.75) is 233 Å². The molecule has 0 spiro atoms. The molecule has 4 aromatic carbocycles. The third-order valence-electron chi connectivity index (χ3n) is 20.2. The molecule has 24 heteroatoms. The van der Waals surface area contributed by atoms with Crippen molar-refractivity contribution in [3.8, 4) is 10.6 Å². The summed E-state index contributed by atoms with van der Waals surface area (Å²) in [4.78, 5) is 62.3. The summed E-state index contributed by atoms with van der Waals surface area (Å²) in [6, 6.07) is 32.5. The zero-order valence-corrected chi connectivity index (χ0v) is 62.9. The summed E-state index contributed by atoms with van der Waals surface area (Å²) >= 11 is 4.34. The Labute approximate surface area is 590 Å². The van der Waals surface area contributed by atoms with Crippen LogP contribution in [0, 0.1) is 46.6 Å². The highest BCUT2D eigenvalue weighted by Gasteiger charge is 2.68. The minimum atomic E-state index is -6.78. The summed E-state index contributed by atoms with van der Waals surface area (Å²) in [6.07, 6.45) is -5.78. The average Bonchev–Trinajstić information content (AvgIpc) is 1.02. The molecular weight excluding hydrogens is 1520 g/mol. The van der Waals surface area contributed by atoms with E-state index in [4.69, 9.17) is 23.7 Å². The summed E-state index contributed by atoms with van der Waals surface area (Å²) in [6.45, 7) is 26.9. The lowest BCUT2D eigenvalue weighted by atomic mass is 9.48. The van der Waals surface area contributed by atoms with Crippen LogP contribution >= 0.6 is 55.7 Å². The monoisotopic (exact) mass is 1610 g/mol. The highest BCUT2D eigenvalue weighted by Crippen LogP contribution is 2.64. The second-order valence-corrected chi connectivity index (χ2v) is 34.6. The zero-order valence-electron chi connectivity index (χ0n) is 57.0.